The van der Waals surface area contributed by atoms with E-state index in [0.29, 0.717) is 0 Å². The van der Waals surface area contributed by atoms with E-state index in [-0.39, 0.29) is 29.5 Å². The zero-order chi connectivity index (χ0) is 2.71. The molecule has 0 nitrogen and oxygen atoms in total. The minimum atomic E-state index is 0. The normalized spacial score (nSPS) is 4.20. The average Bonchev–Trinajstić information content (AvgIpc) is 0.918. The van der Waals surface area contributed by atoms with Crippen LogP contribution in [-0.2, 0) is 32.9 Å². The van der Waals surface area contributed by atoms with E-state index in [1.54, 1.807) is 0 Å². The Hall–Kier alpha value is 1.27. The molecule has 0 aromatic carbocycles. The third kappa shape index (κ3) is 34.9. The Kier molecular flexibility index (Phi) is 60.7. The second-order valence-corrected chi connectivity index (χ2v) is 1.16. The van der Waals surface area contributed by atoms with E-state index >= 15 is 0 Å². The van der Waals surface area contributed by atoms with Gasteiger partial charge < -0.3 is 0 Å². The average molecular weight is 272 g/mol. The van der Waals surface area contributed by atoms with Crippen LogP contribution in [0.4, 0.5) is 0 Å². The Balaban J connectivity index is -0.0000000200. The van der Waals surface area contributed by atoms with Gasteiger partial charge in [0.25, 0.3) is 0 Å². The largest absolute Gasteiger partial charge is 0.282 e. The summed E-state index contributed by atoms with van der Waals surface area (Å²) in [6, 6.07) is 0. The molecule has 0 aliphatic rings. The molecule has 0 atom stereocenters. The zero-order valence-corrected chi connectivity index (χ0v) is 7.19. The van der Waals surface area contributed by atoms with Crippen molar-refractivity contribution < 1.29 is 21.1 Å². The van der Waals surface area contributed by atoms with Crippen LogP contribution in [0.25, 0.3) is 0 Å². The van der Waals surface area contributed by atoms with E-state index < -0.39 is 0 Å². The summed E-state index contributed by atoms with van der Waals surface area (Å²) in [4.78, 5) is 0. The van der Waals surface area contributed by atoms with Gasteiger partial charge in [0.2, 0.25) is 0 Å². The summed E-state index contributed by atoms with van der Waals surface area (Å²) in [5.74, 6) is 0. The first-order valence-electron chi connectivity index (χ1n) is 0.499. The summed E-state index contributed by atoms with van der Waals surface area (Å²) in [5, 5.41) is 0. The maximum atomic E-state index is 4.25. The first-order valence-corrected chi connectivity index (χ1v) is 2.59. The summed E-state index contributed by atoms with van der Waals surface area (Å²) < 4.78 is 0. The van der Waals surface area contributed by atoms with Crippen molar-refractivity contribution in [1.29, 1.82) is 0 Å². The Labute approximate surface area is 55.4 Å². The molecule has 0 saturated heterocycles. The fraction of sp³-hybridized carbons (Fsp3) is 0. The molecule has 0 saturated carbocycles. The van der Waals surface area contributed by atoms with Gasteiger partial charge in [-0.05, 0) is 0 Å². The first-order chi connectivity index (χ1) is 1.41. The SMILES string of the molecule is [B].[CH2-]P=S.[W]. The molecular weight excluding hydrogens is 270 g/mol. The maximum absolute atomic E-state index is 4.25. The van der Waals surface area contributed by atoms with E-state index in [1.807, 2.05) is 0 Å². The first kappa shape index (κ1) is 16.3. The van der Waals surface area contributed by atoms with Crippen LogP contribution in [0, 0.1) is 6.66 Å². The third-order valence-corrected chi connectivity index (χ3v) is 0. The van der Waals surface area contributed by atoms with Crippen molar-refractivity contribution in [2.75, 3.05) is 0 Å². The van der Waals surface area contributed by atoms with Gasteiger partial charge in [-0.1, -0.05) is 11.8 Å². The van der Waals surface area contributed by atoms with Crippen molar-refractivity contribution in [3.8, 4) is 0 Å². The van der Waals surface area contributed by atoms with Crippen molar-refractivity contribution in [3.63, 3.8) is 0 Å². The Morgan fingerprint density at radius 1 is 1.60 bits per heavy atom. The van der Waals surface area contributed by atoms with E-state index in [1.165, 1.54) is 0 Å². The van der Waals surface area contributed by atoms with Crippen LogP contribution < -0.4 is 0 Å². The predicted octanol–water partition coefficient (Wildman–Crippen LogP) is 0.803. The van der Waals surface area contributed by atoms with E-state index in [2.05, 4.69) is 18.5 Å². The summed E-state index contributed by atoms with van der Waals surface area (Å²) in [6.45, 7) is 3.27. The van der Waals surface area contributed by atoms with Gasteiger partial charge in [-0.3, -0.25) is 6.66 Å². The molecule has 0 unspecified atom stereocenters. The Morgan fingerprint density at radius 2 is 1.60 bits per heavy atom. The number of rotatable bonds is 0. The molecule has 0 amide bonds. The molecule has 0 aliphatic carbocycles. The summed E-state index contributed by atoms with van der Waals surface area (Å²) >= 11 is 4.25. The van der Waals surface area contributed by atoms with Gasteiger partial charge in [-0.15, -0.1) is 0 Å². The molecule has 0 bridgehead atoms. The van der Waals surface area contributed by atoms with Gasteiger partial charge in [0, 0.05) is 29.5 Å². The monoisotopic (exact) mass is 272 g/mol. The standard InChI is InChI=1S/CH2PS.B.W/c1-2-3;;/h1H2;;/q-1;;. The van der Waals surface area contributed by atoms with Crippen molar-refractivity contribution in [2.45, 2.75) is 0 Å². The van der Waals surface area contributed by atoms with Gasteiger partial charge in [-0.25, -0.2) is 7.36 Å². The molecular formula is CH2BPSW-. The quantitative estimate of drug-likeness (QED) is 0.357. The van der Waals surface area contributed by atoms with Crippen LogP contribution in [0.2, 0.25) is 0 Å². The van der Waals surface area contributed by atoms with E-state index in [9.17, 15) is 0 Å². The zero-order valence-electron chi connectivity index (χ0n) is 2.55. The number of hydrogen-bond donors (Lipinski definition) is 0. The van der Waals surface area contributed by atoms with Crippen molar-refractivity contribution in [2.24, 2.45) is 0 Å². The van der Waals surface area contributed by atoms with Crippen LogP contribution in [0.3, 0.4) is 0 Å². The minimum Gasteiger partial charge on any atom is -0.282 e. The molecule has 0 aliphatic heterocycles. The van der Waals surface area contributed by atoms with Gasteiger partial charge in [-0.2, -0.15) is 0 Å². The fourth-order valence-corrected chi connectivity index (χ4v) is 0. The van der Waals surface area contributed by atoms with Gasteiger partial charge in [0.15, 0.2) is 0 Å². The molecule has 0 aromatic heterocycles. The number of hydrogen-bond acceptors (Lipinski definition) is 1. The van der Waals surface area contributed by atoms with Crippen LogP contribution in [0.1, 0.15) is 0 Å². The van der Waals surface area contributed by atoms with Gasteiger partial charge in [0.05, 0.1) is 0 Å². The molecule has 5 heavy (non-hydrogen) atoms. The Morgan fingerprint density at radius 3 is 1.60 bits per heavy atom. The van der Waals surface area contributed by atoms with Gasteiger partial charge >= 0.3 is 0 Å². The molecule has 0 aromatic rings. The fourth-order valence-electron chi connectivity index (χ4n) is 0. The Bertz CT molecular complexity index is 19.1. The molecule has 0 rings (SSSR count). The molecule has 0 N–H and O–H groups in total. The second-order valence-electron chi connectivity index (χ2n) is 0.129. The topological polar surface area (TPSA) is 0 Å². The molecule has 4 heteroatoms. The van der Waals surface area contributed by atoms with Crippen molar-refractivity contribution >= 4 is 27.6 Å². The molecule has 0 heterocycles. The second kappa shape index (κ2) is 18.6. The molecule has 0 fully saturated rings. The summed E-state index contributed by atoms with van der Waals surface area (Å²) in [7, 11) is 0.750. The van der Waals surface area contributed by atoms with E-state index in [4.69, 9.17) is 0 Å². The minimum absolute atomic E-state index is 0. The third-order valence-electron chi connectivity index (χ3n) is 0. The van der Waals surface area contributed by atoms with Crippen LogP contribution in [0.5, 0.6) is 0 Å². The van der Waals surface area contributed by atoms with Crippen LogP contribution in [0.15, 0.2) is 0 Å². The van der Waals surface area contributed by atoms with E-state index in [0.717, 1.165) is 7.36 Å². The molecule has 3 radical (unpaired) electrons. The van der Waals surface area contributed by atoms with Crippen LogP contribution >= 0.6 is 7.36 Å². The van der Waals surface area contributed by atoms with Crippen molar-refractivity contribution in [3.05, 3.63) is 6.66 Å². The summed E-state index contributed by atoms with van der Waals surface area (Å²) in [5.41, 5.74) is 0. The molecule has 27 valence electrons. The maximum Gasteiger partial charge on any atom is 0 e. The van der Waals surface area contributed by atoms with Crippen LogP contribution in [-0.4, -0.2) is 8.41 Å². The molecule has 0 spiro atoms. The summed E-state index contributed by atoms with van der Waals surface area (Å²) in [6.07, 6.45) is 0. The smallest absolute Gasteiger partial charge is 0 e. The van der Waals surface area contributed by atoms with Gasteiger partial charge in [0.1, 0.15) is 0 Å². The van der Waals surface area contributed by atoms with Crippen molar-refractivity contribution in [1.82, 2.24) is 0 Å². The predicted molar refractivity (Wildman–Crippen MR) is 25.4 cm³/mol.